The van der Waals surface area contributed by atoms with E-state index in [0.717, 1.165) is 0 Å². The van der Waals surface area contributed by atoms with E-state index in [4.69, 9.17) is 0 Å². The highest BCUT2D eigenvalue weighted by Crippen LogP contribution is 2.69. The van der Waals surface area contributed by atoms with Crippen LogP contribution in [0.3, 0.4) is 0 Å². The number of hydrogen-bond donors (Lipinski definition) is 1. The molecule has 0 aromatic carbocycles. The van der Waals surface area contributed by atoms with Crippen molar-refractivity contribution in [3.63, 3.8) is 0 Å². The summed E-state index contributed by atoms with van der Waals surface area (Å²) in [6, 6.07) is 0. The van der Waals surface area contributed by atoms with Gasteiger partial charge in [0.25, 0.3) is 0 Å². The van der Waals surface area contributed by atoms with Gasteiger partial charge in [0.1, 0.15) is 0 Å². The molecule has 0 bridgehead atoms. The Kier molecular flexibility index (Phi) is 2.59. The minimum absolute atomic E-state index is 0.0201. The number of carbonyl (C=O) groups is 2. The Hall–Kier alpha value is -1.06. The Morgan fingerprint density at radius 1 is 1.11 bits per heavy atom. The van der Waals surface area contributed by atoms with Crippen LogP contribution in [0.25, 0.3) is 0 Å². The molecule has 1 N–H and O–H groups in total. The van der Waals surface area contributed by atoms with Gasteiger partial charge in [-0.1, -0.05) is 27.7 Å². The molecule has 0 aromatic rings. The van der Waals surface area contributed by atoms with Crippen molar-refractivity contribution in [2.24, 2.45) is 22.2 Å². The quantitative estimate of drug-likeness (QED) is 0.818. The van der Waals surface area contributed by atoms with Crippen LogP contribution in [-0.2, 0) is 9.59 Å². The number of carbonyl (C=O) groups excluding carboxylic acids is 1. The van der Waals surface area contributed by atoms with E-state index in [9.17, 15) is 14.7 Å². The zero-order valence-corrected chi connectivity index (χ0v) is 11.9. The molecule has 4 nitrogen and oxygen atoms in total. The summed E-state index contributed by atoms with van der Waals surface area (Å²) in [6.45, 7) is 11.1. The zero-order valence-electron chi connectivity index (χ0n) is 11.9. The molecule has 1 amide bonds. The van der Waals surface area contributed by atoms with Gasteiger partial charge in [0.15, 0.2) is 0 Å². The number of aliphatic carboxylic acids is 1. The maximum Gasteiger partial charge on any atom is 0.311 e. The first-order valence-corrected chi connectivity index (χ1v) is 6.56. The van der Waals surface area contributed by atoms with E-state index in [1.165, 1.54) is 0 Å². The van der Waals surface area contributed by atoms with Crippen LogP contribution in [0.1, 0.15) is 41.0 Å². The van der Waals surface area contributed by atoms with Crippen molar-refractivity contribution in [2.45, 2.75) is 41.0 Å². The highest BCUT2D eigenvalue weighted by molar-refractivity contribution is 5.86. The first kappa shape index (κ1) is 13.4. The Labute approximate surface area is 108 Å². The van der Waals surface area contributed by atoms with Crippen LogP contribution in [0.2, 0.25) is 0 Å². The predicted octanol–water partition coefficient (Wildman–Crippen LogP) is 1.99. The molecule has 102 valence electrons. The Balaban J connectivity index is 2.09. The first-order chi connectivity index (χ1) is 8.04. The summed E-state index contributed by atoms with van der Waals surface area (Å²) >= 11 is 0. The highest BCUT2D eigenvalue weighted by Gasteiger charge is 2.69. The minimum atomic E-state index is -0.799. The lowest BCUT2D eigenvalue weighted by atomic mass is 9.90. The van der Waals surface area contributed by atoms with Crippen molar-refractivity contribution in [3.05, 3.63) is 0 Å². The van der Waals surface area contributed by atoms with Gasteiger partial charge in [-0.05, 0) is 24.2 Å². The maximum absolute atomic E-state index is 12.5. The van der Waals surface area contributed by atoms with Gasteiger partial charge in [-0.15, -0.1) is 0 Å². The third-order valence-corrected chi connectivity index (χ3v) is 5.57. The summed E-state index contributed by atoms with van der Waals surface area (Å²) < 4.78 is 0. The molecule has 1 aliphatic heterocycles. The predicted molar refractivity (Wildman–Crippen MR) is 68.0 cm³/mol. The summed E-state index contributed by atoms with van der Waals surface area (Å²) in [5.41, 5.74) is -0.725. The smallest absolute Gasteiger partial charge is 0.311 e. The van der Waals surface area contributed by atoms with Gasteiger partial charge in [0.05, 0.1) is 5.41 Å². The molecule has 4 heteroatoms. The Morgan fingerprint density at radius 2 is 1.61 bits per heavy atom. The van der Waals surface area contributed by atoms with E-state index in [1.54, 1.807) is 11.8 Å². The second-order valence-corrected chi connectivity index (χ2v) is 7.25. The van der Waals surface area contributed by atoms with Crippen LogP contribution >= 0.6 is 0 Å². The molecule has 2 fully saturated rings. The van der Waals surface area contributed by atoms with Gasteiger partial charge in [0, 0.05) is 19.0 Å². The average molecular weight is 253 g/mol. The van der Waals surface area contributed by atoms with Crippen molar-refractivity contribution < 1.29 is 14.7 Å². The molecule has 18 heavy (non-hydrogen) atoms. The Bertz CT molecular complexity index is 399. The SMILES string of the molecule is CC1(C(=O)O)CCN(C(=O)C2C(C)(C)C2(C)C)C1. The van der Waals surface area contributed by atoms with Gasteiger partial charge in [-0.2, -0.15) is 0 Å². The van der Waals surface area contributed by atoms with Crippen LogP contribution in [0.15, 0.2) is 0 Å². The van der Waals surface area contributed by atoms with Crippen LogP contribution in [0.4, 0.5) is 0 Å². The molecule has 0 spiro atoms. The highest BCUT2D eigenvalue weighted by atomic mass is 16.4. The van der Waals surface area contributed by atoms with E-state index in [-0.39, 0.29) is 22.7 Å². The third-order valence-electron chi connectivity index (χ3n) is 5.57. The minimum Gasteiger partial charge on any atom is -0.481 e. The Morgan fingerprint density at radius 3 is 1.94 bits per heavy atom. The molecule has 1 saturated heterocycles. The van der Waals surface area contributed by atoms with E-state index in [1.807, 2.05) is 0 Å². The number of nitrogens with zero attached hydrogens (tertiary/aromatic N) is 1. The average Bonchev–Trinajstić information content (AvgIpc) is 2.58. The van der Waals surface area contributed by atoms with E-state index in [0.29, 0.717) is 19.5 Å². The number of carboxylic acids is 1. The molecule has 0 radical (unpaired) electrons. The molecule has 1 saturated carbocycles. The standard InChI is InChI=1S/C14H23NO3/c1-12(2)9(13(12,3)4)10(16)15-7-6-14(5,8-15)11(17)18/h9H,6-8H2,1-5H3,(H,17,18). The fourth-order valence-corrected chi connectivity index (χ4v) is 3.32. The van der Waals surface area contributed by atoms with Crippen molar-refractivity contribution in [2.75, 3.05) is 13.1 Å². The van der Waals surface area contributed by atoms with Crippen LogP contribution in [-0.4, -0.2) is 35.0 Å². The van der Waals surface area contributed by atoms with E-state index in [2.05, 4.69) is 27.7 Å². The molecular formula is C14H23NO3. The lowest BCUT2D eigenvalue weighted by molar-refractivity contribution is -0.147. The van der Waals surface area contributed by atoms with Crippen molar-refractivity contribution >= 4 is 11.9 Å². The molecule has 2 aliphatic rings. The van der Waals surface area contributed by atoms with Crippen LogP contribution in [0, 0.1) is 22.2 Å². The summed E-state index contributed by atoms with van der Waals surface area (Å²) in [4.78, 5) is 25.4. The normalized spacial score (nSPS) is 33.5. The topological polar surface area (TPSA) is 57.6 Å². The van der Waals surface area contributed by atoms with Crippen LogP contribution < -0.4 is 0 Å². The van der Waals surface area contributed by atoms with Crippen molar-refractivity contribution in [1.82, 2.24) is 4.90 Å². The fourth-order valence-electron chi connectivity index (χ4n) is 3.32. The summed E-state index contributed by atoms with van der Waals surface area (Å²) in [6.07, 6.45) is 0.557. The summed E-state index contributed by atoms with van der Waals surface area (Å²) in [5, 5.41) is 9.19. The monoisotopic (exact) mass is 253 g/mol. The molecular weight excluding hydrogens is 230 g/mol. The van der Waals surface area contributed by atoms with Gasteiger partial charge in [0.2, 0.25) is 5.91 Å². The maximum atomic E-state index is 12.5. The first-order valence-electron chi connectivity index (χ1n) is 6.56. The van der Waals surface area contributed by atoms with Gasteiger partial charge >= 0.3 is 5.97 Å². The lowest BCUT2D eigenvalue weighted by Gasteiger charge is -2.21. The van der Waals surface area contributed by atoms with Gasteiger partial charge in [-0.25, -0.2) is 0 Å². The number of amides is 1. The molecule has 1 atom stereocenters. The molecule has 2 rings (SSSR count). The van der Waals surface area contributed by atoms with E-state index < -0.39 is 11.4 Å². The number of likely N-dealkylation sites (tertiary alicyclic amines) is 1. The fraction of sp³-hybridized carbons (Fsp3) is 0.857. The lowest BCUT2D eigenvalue weighted by Crippen LogP contribution is -2.36. The van der Waals surface area contributed by atoms with Crippen molar-refractivity contribution in [1.29, 1.82) is 0 Å². The second kappa shape index (κ2) is 3.49. The summed E-state index contributed by atoms with van der Waals surface area (Å²) in [5.74, 6) is -0.636. The molecule has 1 unspecified atom stereocenters. The van der Waals surface area contributed by atoms with Crippen molar-refractivity contribution in [3.8, 4) is 0 Å². The zero-order chi connectivity index (χ0) is 13.9. The second-order valence-electron chi connectivity index (χ2n) is 7.25. The van der Waals surface area contributed by atoms with Crippen LogP contribution in [0.5, 0.6) is 0 Å². The van der Waals surface area contributed by atoms with Gasteiger partial charge in [-0.3, -0.25) is 9.59 Å². The molecule has 1 aliphatic carbocycles. The largest absolute Gasteiger partial charge is 0.481 e. The molecule has 1 heterocycles. The number of carboxylic acid groups (broad SMARTS) is 1. The third kappa shape index (κ3) is 1.57. The summed E-state index contributed by atoms with van der Waals surface area (Å²) in [7, 11) is 0. The number of hydrogen-bond acceptors (Lipinski definition) is 2. The molecule has 0 aromatic heterocycles. The van der Waals surface area contributed by atoms with E-state index >= 15 is 0 Å². The van der Waals surface area contributed by atoms with Gasteiger partial charge < -0.3 is 10.0 Å². The number of rotatable bonds is 2.